The summed E-state index contributed by atoms with van der Waals surface area (Å²) in [5.74, 6) is 0. The molecule has 0 fully saturated rings. The van der Waals surface area contributed by atoms with Crippen LogP contribution in [0.2, 0.25) is 5.02 Å². The first-order valence-electron chi connectivity index (χ1n) is 7.53. The van der Waals surface area contributed by atoms with E-state index in [1.54, 1.807) is 12.1 Å². The van der Waals surface area contributed by atoms with Crippen molar-refractivity contribution in [3.05, 3.63) is 101 Å². The molecule has 126 valence electrons. The van der Waals surface area contributed by atoms with E-state index in [9.17, 15) is 8.42 Å². The van der Waals surface area contributed by atoms with Crippen molar-refractivity contribution in [1.29, 1.82) is 0 Å². The highest BCUT2D eigenvalue weighted by molar-refractivity contribution is 7.89. The SMILES string of the molecule is O=S(=O)(NN=C(c1ccccc1)c1ccccc1)c1ccccc1Cl. The Hall–Kier alpha value is -2.63. The molecule has 0 aliphatic rings. The molecule has 0 saturated carbocycles. The lowest BCUT2D eigenvalue weighted by Gasteiger charge is -2.10. The number of benzene rings is 3. The standard InChI is InChI=1S/C19H15ClN2O2S/c20-17-13-7-8-14-18(17)25(23,24)22-21-19(15-9-3-1-4-10-15)16-11-5-2-6-12-16/h1-14,22H. The summed E-state index contributed by atoms with van der Waals surface area (Å²) >= 11 is 5.99. The maximum Gasteiger partial charge on any atom is 0.278 e. The molecule has 0 radical (unpaired) electrons. The van der Waals surface area contributed by atoms with Gasteiger partial charge in [0.25, 0.3) is 10.0 Å². The van der Waals surface area contributed by atoms with E-state index in [1.807, 2.05) is 60.7 Å². The summed E-state index contributed by atoms with van der Waals surface area (Å²) in [6.45, 7) is 0. The number of hydrogen-bond acceptors (Lipinski definition) is 3. The first-order chi connectivity index (χ1) is 12.1. The van der Waals surface area contributed by atoms with Crippen LogP contribution in [0.5, 0.6) is 0 Å². The Morgan fingerprint density at radius 2 is 1.24 bits per heavy atom. The van der Waals surface area contributed by atoms with Crippen molar-refractivity contribution in [1.82, 2.24) is 4.83 Å². The van der Waals surface area contributed by atoms with Crippen LogP contribution in [0.25, 0.3) is 0 Å². The number of rotatable bonds is 5. The fourth-order valence-electron chi connectivity index (χ4n) is 2.31. The van der Waals surface area contributed by atoms with Gasteiger partial charge in [-0.05, 0) is 12.1 Å². The molecule has 0 aliphatic carbocycles. The van der Waals surface area contributed by atoms with Gasteiger partial charge in [0.05, 0.1) is 10.7 Å². The van der Waals surface area contributed by atoms with Crippen LogP contribution < -0.4 is 4.83 Å². The smallest absolute Gasteiger partial charge is 0.200 e. The van der Waals surface area contributed by atoms with E-state index in [0.717, 1.165) is 11.1 Å². The molecule has 0 aliphatic heterocycles. The van der Waals surface area contributed by atoms with Gasteiger partial charge in [-0.3, -0.25) is 0 Å². The fourth-order valence-corrected chi connectivity index (χ4v) is 3.64. The minimum atomic E-state index is -3.87. The van der Waals surface area contributed by atoms with Gasteiger partial charge in [-0.15, -0.1) is 0 Å². The number of hydrazone groups is 1. The molecular formula is C19H15ClN2O2S. The maximum atomic E-state index is 12.5. The maximum absolute atomic E-state index is 12.5. The molecule has 0 saturated heterocycles. The van der Waals surface area contributed by atoms with Gasteiger partial charge in [-0.25, -0.2) is 0 Å². The summed E-state index contributed by atoms with van der Waals surface area (Å²) in [5, 5.41) is 4.32. The average molecular weight is 371 g/mol. The van der Waals surface area contributed by atoms with Gasteiger partial charge in [-0.1, -0.05) is 84.4 Å². The summed E-state index contributed by atoms with van der Waals surface area (Å²) in [6.07, 6.45) is 0. The molecule has 0 spiro atoms. The number of nitrogens with one attached hydrogen (secondary N) is 1. The molecule has 4 nitrogen and oxygen atoms in total. The van der Waals surface area contributed by atoms with Gasteiger partial charge in [0.1, 0.15) is 4.90 Å². The Morgan fingerprint density at radius 3 is 1.76 bits per heavy atom. The van der Waals surface area contributed by atoms with Crippen LogP contribution >= 0.6 is 11.6 Å². The van der Waals surface area contributed by atoms with Gasteiger partial charge < -0.3 is 0 Å². The van der Waals surface area contributed by atoms with Crippen LogP contribution in [0.15, 0.2) is 94.9 Å². The summed E-state index contributed by atoms with van der Waals surface area (Å²) in [5.41, 5.74) is 2.13. The van der Waals surface area contributed by atoms with E-state index in [-0.39, 0.29) is 9.92 Å². The Labute approximate surface area is 151 Å². The highest BCUT2D eigenvalue weighted by atomic mass is 35.5. The third kappa shape index (κ3) is 4.07. The molecule has 6 heteroatoms. The minimum Gasteiger partial charge on any atom is -0.200 e. The Balaban J connectivity index is 2.01. The summed E-state index contributed by atoms with van der Waals surface area (Å²) in [6, 6.07) is 25.0. The highest BCUT2D eigenvalue weighted by Crippen LogP contribution is 2.20. The van der Waals surface area contributed by atoms with Crippen molar-refractivity contribution in [2.24, 2.45) is 5.10 Å². The van der Waals surface area contributed by atoms with Crippen LogP contribution in [-0.2, 0) is 10.0 Å². The molecule has 0 atom stereocenters. The molecule has 0 aromatic heterocycles. The van der Waals surface area contributed by atoms with Crippen LogP contribution in [-0.4, -0.2) is 14.1 Å². The normalized spacial score (nSPS) is 10.9. The molecule has 1 N–H and O–H groups in total. The summed E-state index contributed by atoms with van der Waals surface area (Å²) in [4.78, 5) is 2.28. The quantitative estimate of drug-likeness (QED) is 0.543. The van der Waals surface area contributed by atoms with Gasteiger partial charge in [0.15, 0.2) is 0 Å². The van der Waals surface area contributed by atoms with E-state index < -0.39 is 10.0 Å². The van der Waals surface area contributed by atoms with Gasteiger partial charge in [0, 0.05) is 11.1 Å². The molecule has 0 bridgehead atoms. The molecule has 3 rings (SSSR count). The number of halogens is 1. The van der Waals surface area contributed by atoms with E-state index in [1.165, 1.54) is 12.1 Å². The summed E-state index contributed by atoms with van der Waals surface area (Å²) < 4.78 is 25.0. The molecule has 0 amide bonds. The monoisotopic (exact) mass is 370 g/mol. The van der Waals surface area contributed by atoms with Gasteiger partial charge in [0.2, 0.25) is 0 Å². The first-order valence-corrected chi connectivity index (χ1v) is 9.39. The van der Waals surface area contributed by atoms with Crippen LogP contribution in [0, 0.1) is 0 Å². The van der Waals surface area contributed by atoms with Crippen molar-refractivity contribution in [2.75, 3.05) is 0 Å². The zero-order valence-corrected chi connectivity index (χ0v) is 14.7. The van der Waals surface area contributed by atoms with Gasteiger partial charge in [-0.2, -0.15) is 18.4 Å². The van der Waals surface area contributed by atoms with Crippen molar-refractivity contribution < 1.29 is 8.42 Å². The summed E-state index contributed by atoms with van der Waals surface area (Å²) in [7, 11) is -3.87. The predicted octanol–water partition coefficient (Wildman–Crippen LogP) is 4.07. The molecule has 3 aromatic carbocycles. The van der Waals surface area contributed by atoms with Crippen LogP contribution in [0.1, 0.15) is 11.1 Å². The average Bonchev–Trinajstić information content (AvgIpc) is 2.64. The van der Waals surface area contributed by atoms with Crippen molar-refractivity contribution in [3.8, 4) is 0 Å². The topological polar surface area (TPSA) is 58.5 Å². The third-order valence-electron chi connectivity index (χ3n) is 3.50. The molecule has 0 unspecified atom stereocenters. The second-order valence-electron chi connectivity index (χ2n) is 5.22. The zero-order chi connectivity index (χ0) is 17.7. The molecule has 0 heterocycles. The van der Waals surface area contributed by atoms with Crippen molar-refractivity contribution >= 4 is 27.3 Å². The van der Waals surface area contributed by atoms with E-state index >= 15 is 0 Å². The van der Waals surface area contributed by atoms with E-state index in [4.69, 9.17) is 11.6 Å². The third-order valence-corrected chi connectivity index (χ3v) is 5.21. The van der Waals surface area contributed by atoms with E-state index in [0.29, 0.717) is 5.71 Å². The van der Waals surface area contributed by atoms with E-state index in [2.05, 4.69) is 9.93 Å². The fraction of sp³-hybridized carbons (Fsp3) is 0. The lowest BCUT2D eigenvalue weighted by atomic mass is 10.0. The second-order valence-corrected chi connectivity index (χ2v) is 7.25. The minimum absolute atomic E-state index is 0.0131. The van der Waals surface area contributed by atoms with Gasteiger partial charge >= 0.3 is 0 Å². The Bertz CT molecular complexity index is 947. The van der Waals surface area contributed by atoms with Crippen LogP contribution in [0.4, 0.5) is 0 Å². The first kappa shape index (κ1) is 17.2. The van der Waals surface area contributed by atoms with Crippen LogP contribution in [0.3, 0.4) is 0 Å². The Kier molecular flexibility index (Phi) is 5.16. The van der Waals surface area contributed by atoms with Crippen molar-refractivity contribution in [2.45, 2.75) is 4.90 Å². The number of hydrogen-bond donors (Lipinski definition) is 1. The number of sulfonamides is 1. The van der Waals surface area contributed by atoms with Crippen molar-refractivity contribution in [3.63, 3.8) is 0 Å². The lowest BCUT2D eigenvalue weighted by Crippen LogP contribution is -2.21. The molecule has 3 aromatic rings. The molecular weight excluding hydrogens is 356 g/mol. The number of nitrogens with zero attached hydrogens (tertiary/aromatic N) is 1. The second kappa shape index (κ2) is 7.51. The highest BCUT2D eigenvalue weighted by Gasteiger charge is 2.17. The largest absolute Gasteiger partial charge is 0.278 e. The Morgan fingerprint density at radius 1 is 0.760 bits per heavy atom. The molecule has 25 heavy (non-hydrogen) atoms. The predicted molar refractivity (Wildman–Crippen MR) is 100 cm³/mol. The lowest BCUT2D eigenvalue weighted by molar-refractivity contribution is 0.584. The zero-order valence-electron chi connectivity index (χ0n) is 13.1.